The first-order valence-electron chi connectivity index (χ1n) is 6.08. The molecule has 1 aromatic heterocycles. The molecule has 0 radical (unpaired) electrons. The van der Waals surface area contributed by atoms with Crippen molar-refractivity contribution in [2.45, 2.75) is 19.8 Å². The lowest BCUT2D eigenvalue weighted by atomic mass is 10.1. The second-order valence-electron chi connectivity index (χ2n) is 4.18. The van der Waals surface area contributed by atoms with Gasteiger partial charge < -0.3 is 9.15 Å². The van der Waals surface area contributed by atoms with E-state index < -0.39 is 0 Å². The van der Waals surface area contributed by atoms with E-state index in [2.05, 4.69) is 15.9 Å². The van der Waals surface area contributed by atoms with Gasteiger partial charge in [0.25, 0.3) is 0 Å². The average molecular weight is 323 g/mol. The first kappa shape index (κ1) is 13.9. The number of ether oxygens (including phenoxy) is 1. The predicted molar refractivity (Wildman–Crippen MR) is 76.8 cm³/mol. The van der Waals surface area contributed by atoms with E-state index in [1.54, 1.807) is 13.2 Å². The van der Waals surface area contributed by atoms with Gasteiger partial charge in [-0.3, -0.25) is 4.79 Å². The van der Waals surface area contributed by atoms with E-state index in [1.165, 1.54) is 0 Å². The van der Waals surface area contributed by atoms with Crippen LogP contribution in [-0.4, -0.2) is 12.9 Å². The van der Waals surface area contributed by atoms with E-state index in [4.69, 9.17) is 9.15 Å². The smallest absolute Gasteiger partial charge is 0.202 e. The molecule has 0 unspecified atom stereocenters. The molecule has 0 saturated heterocycles. The highest BCUT2D eigenvalue weighted by molar-refractivity contribution is 9.10. The Morgan fingerprint density at radius 3 is 2.74 bits per heavy atom. The maximum atomic E-state index is 12.1. The van der Waals surface area contributed by atoms with Gasteiger partial charge in [-0.1, -0.05) is 22.9 Å². The number of rotatable bonds is 5. The largest absolute Gasteiger partial charge is 0.497 e. The van der Waals surface area contributed by atoms with Crippen molar-refractivity contribution in [3.05, 3.63) is 51.9 Å². The van der Waals surface area contributed by atoms with Gasteiger partial charge in [-0.2, -0.15) is 0 Å². The summed E-state index contributed by atoms with van der Waals surface area (Å²) in [6, 6.07) is 9.15. The molecule has 3 nitrogen and oxygen atoms in total. The second kappa shape index (κ2) is 6.06. The molecule has 0 bridgehead atoms. The molecule has 4 heteroatoms. The third-order valence-corrected chi connectivity index (χ3v) is 3.66. The fourth-order valence-corrected chi connectivity index (χ4v) is 2.18. The van der Waals surface area contributed by atoms with Crippen molar-refractivity contribution in [2.75, 3.05) is 7.11 Å². The Morgan fingerprint density at radius 2 is 2.11 bits per heavy atom. The van der Waals surface area contributed by atoms with Crippen LogP contribution in [0.2, 0.25) is 0 Å². The molecule has 0 spiro atoms. The Hall–Kier alpha value is -1.55. The summed E-state index contributed by atoms with van der Waals surface area (Å²) in [5.41, 5.74) is 0.888. The maximum absolute atomic E-state index is 12.1. The van der Waals surface area contributed by atoms with Gasteiger partial charge in [-0.25, -0.2) is 0 Å². The minimum Gasteiger partial charge on any atom is -0.497 e. The Bertz CT molecular complexity index is 587. The molecule has 1 heterocycles. The summed E-state index contributed by atoms with van der Waals surface area (Å²) in [6.45, 7) is 1.99. The molecule has 0 aliphatic heterocycles. The van der Waals surface area contributed by atoms with E-state index in [-0.39, 0.29) is 12.2 Å². The normalized spacial score (nSPS) is 10.5. The SMILES string of the molecule is CCc1ccc(C(=O)Cc2cc(OC)ccc2Br)o1. The first-order chi connectivity index (χ1) is 9.13. The Balaban J connectivity index is 2.18. The summed E-state index contributed by atoms with van der Waals surface area (Å²) in [4.78, 5) is 12.1. The van der Waals surface area contributed by atoms with Gasteiger partial charge in [0, 0.05) is 17.3 Å². The molecule has 0 atom stereocenters. The van der Waals surface area contributed by atoms with Gasteiger partial charge in [0.1, 0.15) is 11.5 Å². The maximum Gasteiger partial charge on any atom is 0.202 e. The molecule has 0 aliphatic carbocycles. The third-order valence-electron chi connectivity index (χ3n) is 2.89. The average Bonchev–Trinajstić information content (AvgIpc) is 2.90. The highest BCUT2D eigenvalue weighted by Crippen LogP contribution is 2.24. The molecule has 19 heavy (non-hydrogen) atoms. The van der Waals surface area contributed by atoms with Crippen LogP contribution in [0.15, 0.2) is 39.2 Å². The van der Waals surface area contributed by atoms with Crippen LogP contribution in [-0.2, 0) is 12.8 Å². The number of aryl methyl sites for hydroxylation is 1. The molecule has 0 N–H and O–H groups in total. The highest BCUT2D eigenvalue weighted by Gasteiger charge is 2.14. The van der Waals surface area contributed by atoms with Crippen molar-refractivity contribution < 1.29 is 13.9 Å². The molecule has 0 fully saturated rings. The summed E-state index contributed by atoms with van der Waals surface area (Å²) in [7, 11) is 1.61. The van der Waals surface area contributed by atoms with Gasteiger partial charge in [0.05, 0.1) is 7.11 Å². The summed E-state index contributed by atoms with van der Waals surface area (Å²) in [5.74, 6) is 1.94. The van der Waals surface area contributed by atoms with Crippen molar-refractivity contribution >= 4 is 21.7 Å². The van der Waals surface area contributed by atoms with Crippen molar-refractivity contribution in [3.8, 4) is 5.75 Å². The molecule has 0 saturated carbocycles. The van der Waals surface area contributed by atoms with Crippen LogP contribution < -0.4 is 4.74 Å². The number of carbonyl (C=O) groups excluding carboxylic acids is 1. The van der Waals surface area contributed by atoms with Gasteiger partial charge in [0.2, 0.25) is 5.78 Å². The minimum absolute atomic E-state index is 0.0337. The van der Waals surface area contributed by atoms with Crippen molar-refractivity contribution in [1.82, 2.24) is 0 Å². The number of ketones is 1. The number of methoxy groups -OCH3 is 1. The molecule has 1 aromatic carbocycles. The van der Waals surface area contributed by atoms with Crippen LogP contribution in [0.3, 0.4) is 0 Å². The second-order valence-corrected chi connectivity index (χ2v) is 5.03. The number of carbonyl (C=O) groups is 1. The topological polar surface area (TPSA) is 39.4 Å². The van der Waals surface area contributed by atoms with Crippen molar-refractivity contribution in [2.24, 2.45) is 0 Å². The van der Waals surface area contributed by atoms with Gasteiger partial charge in [-0.05, 0) is 35.9 Å². The highest BCUT2D eigenvalue weighted by atomic mass is 79.9. The van der Waals surface area contributed by atoms with E-state index in [9.17, 15) is 4.79 Å². The van der Waals surface area contributed by atoms with Crippen LogP contribution in [0, 0.1) is 0 Å². The molecular formula is C15H15BrO3. The van der Waals surface area contributed by atoms with Crippen molar-refractivity contribution in [3.63, 3.8) is 0 Å². The fourth-order valence-electron chi connectivity index (χ4n) is 1.79. The number of furan rings is 1. The van der Waals surface area contributed by atoms with Gasteiger partial charge in [0.15, 0.2) is 5.76 Å². The monoisotopic (exact) mass is 322 g/mol. The minimum atomic E-state index is -0.0337. The molecule has 0 amide bonds. The zero-order valence-electron chi connectivity index (χ0n) is 10.9. The standard InChI is InChI=1S/C15H15BrO3/c1-3-11-5-7-15(19-11)14(17)9-10-8-12(18-2)4-6-13(10)16/h4-8H,3,9H2,1-2H3. The van der Waals surface area contributed by atoms with Crippen LogP contribution in [0.5, 0.6) is 5.75 Å². The van der Waals surface area contributed by atoms with Gasteiger partial charge in [-0.15, -0.1) is 0 Å². The number of Topliss-reactive ketones (excluding diaryl/α,β-unsaturated/α-hetero) is 1. The summed E-state index contributed by atoms with van der Waals surface area (Å²) in [5, 5.41) is 0. The van der Waals surface area contributed by atoms with E-state index in [0.717, 1.165) is 28.0 Å². The fraction of sp³-hybridized carbons (Fsp3) is 0.267. The predicted octanol–water partition coefficient (Wildman–Crippen LogP) is 4.04. The quantitative estimate of drug-likeness (QED) is 0.780. The lowest BCUT2D eigenvalue weighted by Gasteiger charge is -2.06. The Morgan fingerprint density at radius 1 is 1.32 bits per heavy atom. The van der Waals surface area contributed by atoms with Crippen LogP contribution in [0.1, 0.15) is 28.8 Å². The number of hydrogen-bond donors (Lipinski definition) is 0. The lowest BCUT2D eigenvalue weighted by Crippen LogP contribution is -2.03. The third kappa shape index (κ3) is 3.26. The lowest BCUT2D eigenvalue weighted by molar-refractivity contribution is 0.0964. The Kier molecular flexibility index (Phi) is 4.43. The van der Waals surface area contributed by atoms with Crippen molar-refractivity contribution in [1.29, 1.82) is 0 Å². The Labute approximate surface area is 120 Å². The number of hydrogen-bond acceptors (Lipinski definition) is 3. The van der Waals surface area contributed by atoms with E-state index in [0.29, 0.717) is 5.76 Å². The number of halogens is 1. The number of benzene rings is 1. The summed E-state index contributed by atoms with van der Waals surface area (Å²) >= 11 is 3.44. The van der Waals surface area contributed by atoms with Crippen LogP contribution in [0.4, 0.5) is 0 Å². The van der Waals surface area contributed by atoms with Crippen LogP contribution in [0.25, 0.3) is 0 Å². The van der Waals surface area contributed by atoms with Gasteiger partial charge >= 0.3 is 0 Å². The molecular weight excluding hydrogens is 308 g/mol. The zero-order valence-corrected chi connectivity index (χ0v) is 12.5. The summed E-state index contributed by atoms with van der Waals surface area (Å²) < 4.78 is 11.5. The van der Waals surface area contributed by atoms with E-state index in [1.807, 2.05) is 31.2 Å². The van der Waals surface area contributed by atoms with E-state index >= 15 is 0 Å². The molecule has 0 aliphatic rings. The molecule has 2 rings (SSSR count). The molecule has 2 aromatic rings. The first-order valence-corrected chi connectivity index (χ1v) is 6.87. The zero-order chi connectivity index (χ0) is 13.8. The summed E-state index contributed by atoms with van der Waals surface area (Å²) in [6.07, 6.45) is 1.07. The molecule has 100 valence electrons. The van der Waals surface area contributed by atoms with Crippen LogP contribution >= 0.6 is 15.9 Å².